The number of carbonyl (C=O) groups excluding carboxylic acids is 1. The molecule has 1 aromatic heterocycles. The Morgan fingerprint density at radius 1 is 0.967 bits per heavy atom. The number of nitrogens with one attached hydrogen (secondary N) is 1. The van der Waals surface area contributed by atoms with Gasteiger partial charge in [0.15, 0.2) is 0 Å². The number of amides is 1. The maximum atomic E-state index is 12.8. The predicted octanol–water partition coefficient (Wildman–Crippen LogP) is 2.49. The fourth-order valence-electron chi connectivity index (χ4n) is 2.97. The van der Waals surface area contributed by atoms with Crippen molar-refractivity contribution in [3.8, 4) is 11.4 Å². The maximum absolute atomic E-state index is 12.8. The van der Waals surface area contributed by atoms with Crippen LogP contribution in [0, 0.1) is 6.92 Å². The van der Waals surface area contributed by atoms with Crippen molar-refractivity contribution in [2.45, 2.75) is 6.92 Å². The van der Waals surface area contributed by atoms with Crippen LogP contribution >= 0.6 is 0 Å². The van der Waals surface area contributed by atoms with Gasteiger partial charge in [0.1, 0.15) is 0 Å². The van der Waals surface area contributed by atoms with Crippen molar-refractivity contribution in [3.05, 3.63) is 90.3 Å². The average molecular weight is 463 g/mol. The van der Waals surface area contributed by atoms with Gasteiger partial charge in [0, 0.05) is 0 Å². The molecule has 0 aliphatic rings. The van der Waals surface area contributed by atoms with E-state index in [1.807, 2.05) is 43.3 Å². The van der Waals surface area contributed by atoms with Gasteiger partial charge in [-0.15, -0.1) is 0 Å². The molecule has 1 N–H and O–H groups in total. The summed E-state index contributed by atoms with van der Waals surface area (Å²) < 4.78 is 9.33. The van der Waals surface area contributed by atoms with Crippen molar-refractivity contribution < 1.29 is 9.53 Å². The summed E-state index contributed by atoms with van der Waals surface area (Å²) in [6.07, 6.45) is 0. The van der Waals surface area contributed by atoms with Crippen molar-refractivity contribution in [3.63, 3.8) is 0 Å². The number of nitrogens with zero attached hydrogens (tertiary/aromatic N) is 3. The number of aromatic nitrogens is 3. The zero-order valence-electron chi connectivity index (χ0n) is 16.6. The molecule has 0 aliphatic heterocycles. The first-order valence-electron chi connectivity index (χ1n) is 9.35. The van der Waals surface area contributed by atoms with Crippen LogP contribution in [0.4, 0.5) is 5.69 Å². The van der Waals surface area contributed by atoms with E-state index in [0.29, 0.717) is 17.1 Å². The molecule has 0 saturated heterocycles. The molecule has 30 heavy (non-hydrogen) atoms. The second-order valence-corrected chi connectivity index (χ2v) is 8.84. The van der Waals surface area contributed by atoms with Crippen LogP contribution in [0.15, 0.2) is 78.9 Å². The van der Waals surface area contributed by atoms with Crippen LogP contribution in [0.2, 0.25) is 0 Å². The standard InChI is InChI=1S/C23H20N4O2Se/c1-16-22(23(28)24-17-12-14-18(29-2)15-13-17)25-26-27(16)20-10-6-7-11-21(20)30-19-8-4-3-5-9-19/h3-15H,1-2H3,(H,24,28). The molecule has 0 bridgehead atoms. The molecule has 0 fully saturated rings. The first-order valence-corrected chi connectivity index (χ1v) is 11.1. The molecular weight excluding hydrogens is 443 g/mol. The molecule has 4 aromatic rings. The third-order valence-corrected chi connectivity index (χ3v) is 6.77. The van der Waals surface area contributed by atoms with Crippen LogP contribution < -0.4 is 19.0 Å². The Kier molecular flexibility index (Phi) is 5.93. The van der Waals surface area contributed by atoms with E-state index in [-0.39, 0.29) is 20.9 Å². The predicted molar refractivity (Wildman–Crippen MR) is 119 cm³/mol. The molecule has 0 unspecified atom stereocenters. The second-order valence-electron chi connectivity index (χ2n) is 6.50. The third-order valence-electron chi connectivity index (χ3n) is 4.52. The summed E-state index contributed by atoms with van der Waals surface area (Å²) in [5.74, 6) is 0.432. The number of ether oxygens (including phenoxy) is 1. The van der Waals surface area contributed by atoms with Gasteiger partial charge < -0.3 is 0 Å². The summed E-state index contributed by atoms with van der Waals surface area (Å²) >= 11 is 0.113. The van der Waals surface area contributed by atoms with Crippen molar-refractivity contribution >= 4 is 35.5 Å². The molecule has 1 amide bonds. The van der Waals surface area contributed by atoms with Crippen LogP contribution in [0.5, 0.6) is 5.75 Å². The van der Waals surface area contributed by atoms with Crippen molar-refractivity contribution in [1.82, 2.24) is 15.0 Å². The van der Waals surface area contributed by atoms with Gasteiger partial charge in [-0.3, -0.25) is 0 Å². The van der Waals surface area contributed by atoms with Gasteiger partial charge >= 0.3 is 174 Å². The van der Waals surface area contributed by atoms with Gasteiger partial charge in [-0.25, -0.2) is 0 Å². The van der Waals surface area contributed by atoms with E-state index in [2.05, 4.69) is 33.8 Å². The zero-order valence-corrected chi connectivity index (χ0v) is 18.3. The Morgan fingerprint density at radius 3 is 2.40 bits per heavy atom. The normalized spacial score (nSPS) is 10.6. The SMILES string of the molecule is COc1ccc(NC(=O)c2nnn(-c3ccccc3[Se]c3ccccc3)c2C)cc1. The number of benzene rings is 3. The molecule has 1 heterocycles. The Morgan fingerprint density at radius 2 is 1.67 bits per heavy atom. The number of anilines is 1. The molecule has 3 aromatic carbocycles. The fraction of sp³-hybridized carbons (Fsp3) is 0.0870. The van der Waals surface area contributed by atoms with E-state index in [1.165, 1.54) is 8.92 Å². The number of para-hydroxylation sites is 1. The van der Waals surface area contributed by atoms with Crippen molar-refractivity contribution in [2.24, 2.45) is 0 Å². The molecular formula is C23H20N4O2Se. The summed E-state index contributed by atoms with van der Waals surface area (Å²) in [6.45, 7) is 1.86. The fourth-order valence-corrected chi connectivity index (χ4v) is 4.97. The van der Waals surface area contributed by atoms with Crippen LogP contribution in [0.1, 0.15) is 16.2 Å². The van der Waals surface area contributed by atoms with Crippen LogP contribution in [0.25, 0.3) is 5.69 Å². The van der Waals surface area contributed by atoms with Gasteiger partial charge in [-0.2, -0.15) is 0 Å². The molecule has 0 spiro atoms. The van der Waals surface area contributed by atoms with E-state index >= 15 is 0 Å². The van der Waals surface area contributed by atoms with E-state index < -0.39 is 0 Å². The Labute approximate surface area is 181 Å². The van der Waals surface area contributed by atoms with Gasteiger partial charge in [-0.1, -0.05) is 0 Å². The van der Waals surface area contributed by atoms with E-state index in [1.54, 1.807) is 36.1 Å². The minimum absolute atomic E-state index is 0.113. The van der Waals surface area contributed by atoms with Crippen molar-refractivity contribution in [2.75, 3.05) is 12.4 Å². The number of hydrogen-bond donors (Lipinski definition) is 1. The van der Waals surface area contributed by atoms with Gasteiger partial charge in [0.2, 0.25) is 0 Å². The molecule has 0 saturated carbocycles. The summed E-state index contributed by atoms with van der Waals surface area (Å²) in [6, 6.07) is 25.6. The van der Waals surface area contributed by atoms with Gasteiger partial charge in [-0.05, 0) is 0 Å². The summed E-state index contributed by atoms with van der Waals surface area (Å²) in [7, 11) is 1.60. The van der Waals surface area contributed by atoms with E-state index in [9.17, 15) is 4.79 Å². The number of hydrogen-bond acceptors (Lipinski definition) is 4. The first-order chi connectivity index (χ1) is 14.7. The summed E-state index contributed by atoms with van der Waals surface area (Å²) in [5.41, 5.74) is 2.60. The third kappa shape index (κ3) is 4.27. The molecule has 0 radical (unpaired) electrons. The van der Waals surface area contributed by atoms with Gasteiger partial charge in [0.25, 0.3) is 0 Å². The van der Waals surface area contributed by atoms with Crippen LogP contribution in [-0.4, -0.2) is 43.0 Å². The number of rotatable bonds is 6. The Bertz CT molecular complexity index is 1160. The molecule has 6 nitrogen and oxygen atoms in total. The van der Waals surface area contributed by atoms with Crippen LogP contribution in [-0.2, 0) is 0 Å². The monoisotopic (exact) mass is 464 g/mol. The molecule has 150 valence electrons. The average Bonchev–Trinajstić information content (AvgIpc) is 3.16. The van der Waals surface area contributed by atoms with Gasteiger partial charge in [0.05, 0.1) is 7.11 Å². The van der Waals surface area contributed by atoms with Crippen molar-refractivity contribution in [1.29, 1.82) is 0 Å². The summed E-state index contributed by atoms with van der Waals surface area (Å²) in [4.78, 5) is 12.8. The number of carbonyl (C=O) groups is 1. The summed E-state index contributed by atoms with van der Waals surface area (Å²) in [5, 5.41) is 11.3. The number of methoxy groups -OCH3 is 1. The van der Waals surface area contributed by atoms with Crippen LogP contribution in [0.3, 0.4) is 0 Å². The first kappa shape index (κ1) is 19.9. The topological polar surface area (TPSA) is 69.0 Å². The molecule has 0 aliphatic carbocycles. The molecule has 4 rings (SSSR count). The van der Waals surface area contributed by atoms with E-state index in [4.69, 9.17) is 4.74 Å². The Balaban J connectivity index is 1.59. The quantitative estimate of drug-likeness (QED) is 0.447. The molecule has 7 heteroatoms. The van der Waals surface area contributed by atoms with E-state index in [0.717, 1.165) is 11.4 Å². The minimum atomic E-state index is -0.296. The molecule has 0 atom stereocenters. The Hall–Kier alpha value is -3.41. The zero-order chi connectivity index (χ0) is 20.9. The second kappa shape index (κ2) is 8.95.